The maximum atomic E-state index is 5.54. The molecule has 0 atom stereocenters. The molecule has 2 rings (SSSR count). The Bertz CT molecular complexity index is 621. The van der Waals surface area contributed by atoms with Crippen molar-refractivity contribution >= 4 is 0 Å². The average Bonchev–Trinajstić information content (AvgIpc) is 2.46. The molecule has 0 N–H and O–H groups in total. The van der Waals surface area contributed by atoms with Crippen LogP contribution >= 0.6 is 0 Å². The highest BCUT2D eigenvalue weighted by Crippen LogP contribution is 2.27. The average molecular weight is 284 g/mol. The molecule has 0 aliphatic carbocycles. The molecule has 3 heteroatoms. The largest absolute Gasteiger partial charge is 0.496 e. The van der Waals surface area contributed by atoms with Crippen LogP contribution in [0, 0.1) is 12.8 Å². The molecule has 0 fully saturated rings. The molecule has 2 aromatic rings. The quantitative estimate of drug-likeness (QED) is 0.824. The van der Waals surface area contributed by atoms with Crippen molar-refractivity contribution in [3.63, 3.8) is 0 Å². The van der Waals surface area contributed by atoms with E-state index in [-0.39, 0.29) is 0 Å². The Morgan fingerprint density at radius 2 is 1.95 bits per heavy atom. The van der Waals surface area contributed by atoms with E-state index < -0.39 is 0 Å². The van der Waals surface area contributed by atoms with Crippen LogP contribution in [0.3, 0.4) is 0 Å². The zero-order valence-electron chi connectivity index (χ0n) is 13.6. The van der Waals surface area contributed by atoms with Crippen molar-refractivity contribution in [1.29, 1.82) is 0 Å². The predicted octanol–water partition coefficient (Wildman–Crippen LogP) is 4.22. The van der Waals surface area contributed by atoms with Gasteiger partial charge in [0.15, 0.2) is 0 Å². The molecular weight excluding hydrogens is 260 g/mol. The van der Waals surface area contributed by atoms with Crippen molar-refractivity contribution in [2.24, 2.45) is 5.92 Å². The number of hydrogen-bond acceptors (Lipinski definition) is 3. The van der Waals surface area contributed by atoms with Crippen LogP contribution in [0.15, 0.2) is 24.4 Å². The van der Waals surface area contributed by atoms with Crippen LogP contribution in [0.4, 0.5) is 0 Å². The van der Waals surface area contributed by atoms with Crippen molar-refractivity contribution < 1.29 is 4.74 Å². The first-order chi connectivity index (χ1) is 10.0. The van der Waals surface area contributed by atoms with E-state index >= 15 is 0 Å². The summed E-state index contributed by atoms with van der Waals surface area (Å²) in [4.78, 5) is 9.14. The molecule has 0 amide bonds. The first kappa shape index (κ1) is 15.5. The van der Waals surface area contributed by atoms with Gasteiger partial charge in [0.05, 0.1) is 12.8 Å². The highest BCUT2D eigenvalue weighted by Gasteiger charge is 2.10. The second kappa shape index (κ2) is 6.70. The Labute approximate surface area is 127 Å². The van der Waals surface area contributed by atoms with E-state index in [2.05, 4.69) is 42.9 Å². The molecule has 0 saturated carbocycles. The topological polar surface area (TPSA) is 35.0 Å². The van der Waals surface area contributed by atoms with Gasteiger partial charge in [-0.05, 0) is 37.8 Å². The summed E-state index contributed by atoms with van der Waals surface area (Å²) in [6.07, 6.45) is 3.85. The summed E-state index contributed by atoms with van der Waals surface area (Å²) in [6.45, 7) is 8.54. The van der Waals surface area contributed by atoms with Gasteiger partial charge in [-0.15, -0.1) is 0 Å². The molecule has 21 heavy (non-hydrogen) atoms. The lowest BCUT2D eigenvalue weighted by molar-refractivity contribution is 0.406. The zero-order chi connectivity index (χ0) is 15.4. The maximum absolute atomic E-state index is 5.54. The van der Waals surface area contributed by atoms with Crippen molar-refractivity contribution in [2.45, 2.75) is 40.5 Å². The minimum absolute atomic E-state index is 0.585. The number of hydrogen-bond donors (Lipinski definition) is 0. The molecule has 2 aromatic heterocycles. The van der Waals surface area contributed by atoms with E-state index in [9.17, 15) is 0 Å². The Kier molecular flexibility index (Phi) is 4.94. The Hall–Kier alpha value is -1.90. The molecule has 112 valence electrons. The summed E-state index contributed by atoms with van der Waals surface area (Å²) >= 11 is 0. The van der Waals surface area contributed by atoms with Crippen molar-refractivity contribution in [3.05, 3.63) is 41.3 Å². The van der Waals surface area contributed by atoms with E-state index in [1.807, 2.05) is 19.2 Å². The van der Waals surface area contributed by atoms with Gasteiger partial charge in [-0.2, -0.15) is 0 Å². The first-order valence-corrected chi connectivity index (χ1v) is 7.54. The number of nitrogens with zero attached hydrogens (tertiary/aromatic N) is 2. The van der Waals surface area contributed by atoms with Crippen LogP contribution in [0.1, 0.15) is 37.7 Å². The van der Waals surface area contributed by atoms with Crippen LogP contribution in [-0.2, 0) is 12.8 Å². The van der Waals surface area contributed by atoms with E-state index in [1.165, 1.54) is 0 Å². The lowest BCUT2D eigenvalue weighted by Gasteiger charge is -2.12. The normalized spacial score (nSPS) is 11.0. The number of ether oxygens (including phenoxy) is 1. The number of methoxy groups -OCH3 is 1. The minimum Gasteiger partial charge on any atom is -0.496 e. The van der Waals surface area contributed by atoms with Crippen molar-refractivity contribution in [1.82, 2.24) is 9.97 Å². The zero-order valence-corrected chi connectivity index (χ0v) is 13.6. The third-order valence-electron chi connectivity index (χ3n) is 3.46. The van der Waals surface area contributed by atoms with Crippen LogP contribution < -0.4 is 4.74 Å². The van der Waals surface area contributed by atoms with E-state index in [4.69, 9.17) is 4.74 Å². The second-order valence-corrected chi connectivity index (χ2v) is 5.82. The van der Waals surface area contributed by atoms with Gasteiger partial charge in [-0.3, -0.25) is 9.97 Å². The number of aryl methyl sites for hydroxylation is 2. The fourth-order valence-electron chi connectivity index (χ4n) is 2.47. The van der Waals surface area contributed by atoms with Crippen LogP contribution in [0.25, 0.3) is 11.3 Å². The molecule has 0 aromatic carbocycles. The Morgan fingerprint density at radius 1 is 1.19 bits per heavy atom. The van der Waals surface area contributed by atoms with Gasteiger partial charge in [0.25, 0.3) is 0 Å². The van der Waals surface area contributed by atoms with Crippen LogP contribution in [0.2, 0.25) is 0 Å². The molecule has 3 nitrogen and oxygen atoms in total. The lowest BCUT2D eigenvalue weighted by atomic mass is 10.0. The number of aromatic nitrogens is 2. The molecule has 0 bridgehead atoms. The monoisotopic (exact) mass is 284 g/mol. The smallest absolute Gasteiger partial charge is 0.125 e. The number of pyridine rings is 2. The second-order valence-electron chi connectivity index (χ2n) is 5.82. The predicted molar refractivity (Wildman–Crippen MR) is 86.7 cm³/mol. The Balaban J connectivity index is 2.43. The van der Waals surface area contributed by atoms with Gasteiger partial charge in [-0.25, -0.2) is 0 Å². The molecule has 0 unspecified atom stereocenters. The summed E-state index contributed by atoms with van der Waals surface area (Å²) in [7, 11) is 1.72. The fraction of sp³-hybridized carbons (Fsp3) is 0.444. The number of rotatable bonds is 5. The molecule has 0 radical (unpaired) electrons. The van der Waals surface area contributed by atoms with E-state index in [0.717, 1.165) is 46.8 Å². The highest BCUT2D eigenvalue weighted by molar-refractivity contribution is 5.62. The minimum atomic E-state index is 0.585. The molecule has 0 aliphatic heterocycles. The molecule has 0 spiro atoms. The summed E-state index contributed by atoms with van der Waals surface area (Å²) in [6, 6.07) is 6.21. The van der Waals surface area contributed by atoms with Gasteiger partial charge < -0.3 is 4.74 Å². The fourth-order valence-corrected chi connectivity index (χ4v) is 2.47. The SMILES string of the molecule is CCc1cc(-c2cc(OC)c(CC(C)C)cn2)cc(C)n1. The molecule has 0 aliphatic rings. The molecular formula is C18H24N2O. The van der Waals surface area contributed by atoms with E-state index in [1.54, 1.807) is 7.11 Å². The van der Waals surface area contributed by atoms with E-state index in [0.29, 0.717) is 5.92 Å². The maximum Gasteiger partial charge on any atom is 0.125 e. The highest BCUT2D eigenvalue weighted by atomic mass is 16.5. The summed E-state index contributed by atoms with van der Waals surface area (Å²) in [5.74, 6) is 1.50. The first-order valence-electron chi connectivity index (χ1n) is 7.54. The lowest BCUT2D eigenvalue weighted by Crippen LogP contribution is -2.00. The van der Waals surface area contributed by atoms with Crippen molar-refractivity contribution in [2.75, 3.05) is 7.11 Å². The van der Waals surface area contributed by atoms with Crippen LogP contribution in [0.5, 0.6) is 5.75 Å². The summed E-state index contributed by atoms with van der Waals surface area (Å²) in [5.41, 5.74) is 5.33. The molecule has 0 saturated heterocycles. The summed E-state index contributed by atoms with van der Waals surface area (Å²) < 4.78 is 5.54. The van der Waals surface area contributed by atoms with Crippen molar-refractivity contribution in [3.8, 4) is 17.0 Å². The van der Waals surface area contributed by atoms with Gasteiger partial charge in [0.2, 0.25) is 0 Å². The van der Waals surface area contributed by atoms with Gasteiger partial charge in [-0.1, -0.05) is 20.8 Å². The third kappa shape index (κ3) is 3.81. The Morgan fingerprint density at radius 3 is 2.57 bits per heavy atom. The van der Waals surface area contributed by atoms with Gasteiger partial charge in [0, 0.05) is 34.8 Å². The van der Waals surface area contributed by atoms with Crippen LogP contribution in [-0.4, -0.2) is 17.1 Å². The summed E-state index contributed by atoms with van der Waals surface area (Å²) in [5, 5.41) is 0. The van der Waals surface area contributed by atoms with Gasteiger partial charge in [0.1, 0.15) is 5.75 Å². The van der Waals surface area contributed by atoms with Gasteiger partial charge >= 0.3 is 0 Å². The molecule has 2 heterocycles. The standard InChI is InChI=1S/C18H24N2O/c1-6-16-9-14(8-13(4)20-16)17-10-18(21-5)15(11-19-17)7-12(2)3/h8-12H,6-7H2,1-5H3. The third-order valence-corrected chi connectivity index (χ3v) is 3.46.